The molecule has 0 unspecified atom stereocenters. The highest BCUT2D eigenvalue weighted by Gasteiger charge is 2.28. The molecular weight excluding hydrogens is 420 g/mol. The number of pyridine rings is 1. The lowest BCUT2D eigenvalue weighted by Crippen LogP contribution is -2.33. The molecule has 1 fully saturated rings. The number of aryl methyl sites for hydroxylation is 1. The van der Waals surface area contributed by atoms with Crippen molar-refractivity contribution >= 4 is 28.5 Å². The zero-order chi connectivity index (χ0) is 22.1. The SMILES string of the molecule is CCCn1c(=O)[nH]c(=O)c2c(C(=O)NCc3cc(Cl)ccc3OC)cc(C3CC3)nc21. The number of rotatable bonds is 7. The lowest BCUT2D eigenvalue weighted by molar-refractivity contribution is 0.0952. The number of benzene rings is 1. The van der Waals surface area contributed by atoms with Crippen molar-refractivity contribution in [1.29, 1.82) is 0 Å². The van der Waals surface area contributed by atoms with Gasteiger partial charge in [-0.2, -0.15) is 0 Å². The molecule has 0 bridgehead atoms. The molecule has 2 heterocycles. The number of amides is 1. The van der Waals surface area contributed by atoms with E-state index in [0.717, 1.165) is 18.5 Å². The van der Waals surface area contributed by atoms with Crippen molar-refractivity contribution in [3.8, 4) is 5.75 Å². The fraction of sp³-hybridized carbons (Fsp3) is 0.364. The number of carbonyl (C=O) groups excluding carboxylic acids is 1. The Bertz CT molecular complexity index is 1280. The highest BCUT2D eigenvalue weighted by molar-refractivity contribution is 6.30. The monoisotopic (exact) mass is 442 g/mol. The molecule has 0 atom stereocenters. The number of nitrogens with zero attached hydrogens (tertiary/aromatic N) is 2. The third kappa shape index (κ3) is 4.20. The van der Waals surface area contributed by atoms with Crippen molar-refractivity contribution in [2.45, 2.75) is 45.2 Å². The number of methoxy groups -OCH3 is 1. The predicted molar refractivity (Wildman–Crippen MR) is 118 cm³/mol. The van der Waals surface area contributed by atoms with Gasteiger partial charge < -0.3 is 10.1 Å². The van der Waals surface area contributed by atoms with Gasteiger partial charge in [-0.05, 0) is 43.5 Å². The molecule has 9 heteroatoms. The van der Waals surface area contributed by atoms with E-state index < -0.39 is 17.2 Å². The first-order valence-corrected chi connectivity index (χ1v) is 10.6. The maximum Gasteiger partial charge on any atom is 0.329 e. The summed E-state index contributed by atoms with van der Waals surface area (Å²) in [6.07, 6.45) is 2.63. The molecule has 31 heavy (non-hydrogen) atoms. The summed E-state index contributed by atoms with van der Waals surface area (Å²) in [5.74, 6) is 0.412. The van der Waals surface area contributed by atoms with Crippen molar-refractivity contribution in [3.63, 3.8) is 0 Å². The zero-order valence-corrected chi connectivity index (χ0v) is 18.1. The molecule has 0 aliphatic heterocycles. The molecule has 1 amide bonds. The van der Waals surface area contributed by atoms with E-state index in [9.17, 15) is 14.4 Å². The summed E-state index contributed by atoms with van der Waals surface area (Å²) >= 11 is 6.08. The van der Waals surface area contributed by atoms with E-state index in [4.69, 9.17) is 16.3 Å². The number of fused-ring (bicyclic) bond motifs is 1. The van der Waals surface area contributed by atoms with Gasteiger partial charge in [0.1, 0.15) is 5.75 Å². The van der Waals surface area contributed by atoms with E-state index >= 15 is 0 Å². The van der Waals surface area contributed by atoms with E-state index in [1.807, 2.05) is 6.92 Å². The van der Waals surface area contributed by atoms with Crippen molar-refractivity contribution in [3.05, 3.63) is 66.9 Å². The van der Waals surface area contributed by atoms with Gasteiger partial charge in [-0.1, -0.05) is 18.5 Å². The van der Waals surface area contributed by atoms with Crippen molar-refractivity contribution < 1.29 is 9.53 Å². The van der Waals surface area contributed by atoms with Gasteiger partial charge in [0.2, 0.25) is 0 Å². The van der Waals surface area contributed by atoms with E-state index in [2.05, 4.69) is 15.3 Å². The van der Waals surface area contributed by atoms with Crippen LogP contribution in [0.3, 0.4) is 0 Å². The van der Waals surface area contributed by atoms with Crippen LogP contribution < -0.4 is 21.3 Å². The Labute approximate surface area is 183 Å². The van der Waals surface area contributed by atoms with E-state index in [1.54, 1.807) is 31.4 Å². The van der Waals surface area contributed by atoms with E-state index in [1.165, 1.54) is 4.57 Å². The van der Waals surface area contributed by atoms with Crippen LogP contribution >= 0.6 is 11.6 Å². The second-order valence-corrected chi connectivity index (χ2v) is 8.05. The molecule has 0 spiro atoms. The van der Waals surface area contributed by atoms with Gasteiger partial charge >= 0.3 is 5.69 Å². The van der Waals surface area contributed by atoms with Gasteiger partial charge in [-0.3, -0.25) is 19.1 Å². The fourth-order valence-electron chi connectivity index (χ4n) is 3.65. The molecule has 162 valence electrons. The van der Waals surface area contributed by atoms with Crippen LogP contribution in [0.2, 0.25) is 5.02 Å². The standard InChI is InChI=1S/C22H23ClN4O4/c1-3-8-27-19-18(21(29)26-22(27)30)15(10-16(25-19)12-4-5-12)20(28)24-11-13-9-14(23)6-7-17(13)31-2/h6-7,9-10,12H,3-5,8,11H2,1-2H3,(H,24,28)(H,26,29,30). The predicted octanol–water partition coefficient (Wildman–Crippen LogP) is 2.96. The van der Waals surface area contributed by atoms with Crippen LogP contribution in [0.1, 0.15) is 53.7 Å². The quantitative estimate of drug-likeness (QED) is 0.585. The molecular formula is C22H23ClN4O4. The average Bonchev–Trinajstić information content (AvgIpc) is 3.59. The number of hydrogen-bond acceptors (Lipinski definition) is 5. The average molecular weight is 443 g/mol. The Morgan fingerprint density at radius 1 is 1.32 bits per heavy atom. The maximum absolute atomic E-state index is 13.2. The zero-order valence-electron chi connectivity index (χ0n) is 17.3. The molecule has 2 N–H and O–H groups in total. The van der Waals surface area contributed by atoms with Gasteiger partial charge in [-0.15, -0.1) is 0 Å². The Morgan fingerprint density at radius 2 is 2.10 bits per heavy atom. The minimum Gasteiger partial charge on any atom is -0.496 e. The molecule has 0 radical (unpaired) electrons. The molecule has 0 saturated heterocycles. The first kappa shape index (κ1) is 21.1. The summed E-state index contributed by atoms with van der Waals surface area (Å²) < 4.78 is 6.76. The number of aromatic nitrogens is 3. The van der Waals surface area contributed by atoms with Crippen LogP contribution in [0.25, 0.3) is 11.0 Å². The molecule has 1 aromatic carbocycles. The maximum atomic E-state index is 13.2. The molecule has 1 aliphatic carbocycles. The lowest BCUT2D eigenvalue weighted by Gasteiger charge is -2.14. The summed E-state index contributed by atoms with van der Waals surface area (Å²) in [6.45, 7) is 2.49. The number of carbonyl (C=O) groups is 1. The number of nitrogens with one attached hydrogen (secondary N) is 2. The minimum absolute atomic E-state index is 0.119. The molecule has 8 nitrogen and oxygen atoms in total. The Morgan fingerprint density at radius 3 is 2.77 bits per heavy atom. The van der Waals surface area contributed by atoms with Crippen molar-refractivity contribution in [2.75, 3.05) is 7.11 Å². The highest BCUT2D eigenvalue weighted by atomic mass is 35.5. The van der Waals surface area contributed by atoms with Crippen molar-refractivity contribution in [1.82, 2.24) is 19.9 Å². The summed E-state index contributed by atoms with van der Waals surface area (Å²) in [7, 11) is 1.54. The largest absolute Gasteiger partial charge is 0.496 e. The van der Waals surface area contributed by atoms with Gasteiger partial charge in [0.25, 0.3) is 11.5 Å². The van der Waals surface area contributed by atoms with Gasteiger partial charge in [0.15, 0.2) is 5.65 Å². The van der Waals surface area contributed by atoms with Gasteiger partial charge in [-0.25, -0.2) is 9.78 Å². The smallest absolute Gasteiger partial charge is 0.329 e. The number of halogens is 1. The minimum atomic E-state index is -0.618. The summed E-state index contributed by atoms with van der Waals surface area (Å²) in [4.78, 5) is 45.1. The Hall–Kier alpha value is -3.13. The summed E-state index contributed by atoms with van der Waals surface area (Å²) in [5.41, 5.74) is 0.765. The molecule has 2 aromatic heterocycles. The second-order valence-electron chi connectivity index (χ2n) is 7.62. The van der Waals surface area contributed by atoms with Gasteiger partial charge in [0, 0.05) is 35.3 Å². The van der Waals surface area contributed by atoms with Gasteiger partial charge in [0.05, 0.1) is 18.1 Å². The van der Waals surface area contributed by atoms with Crippen LogP contribution in [-0.2, 0) is 13.1 Å². The number of H-pyrrole nitrogens is 1. The summed E-state index contributed by atoms with van der Waals surface area (Å²) in [6, 6.07) is 6.81. The summed E-state index contributed by atoms with van der Waals surface area (Å²) in [5, 5.41) is 3.49. The number of hydrogen-bond donors (Lipinski definition) is 2. The number of ether oxygens (including phenoxy) is 1. The topological polar surface area (TPSA) is 106 Å². The third-order valence-corrected chi connectivity index (χ3v) is 5.57. The lowest BCUT2D eigenvalue weighted by atomic mass is 10.1. The van der Waals surface area contributed by atoms with Crippen LogP contribution in [-0.4, -0.2) is 27.6 Å². The van der Waals surface area contributed by atoms with E-state index in [-0.39, 0.29) is 29.1 Å². The van der Waals surface area contributed by atoms with Crippen LogP contribution in [0, 0.1) is 0 Å². The highest BCUT2D eigenvalue weighted by Crippen LogP contribution is 2.39. The first-order valence-electron chi connectivity index (χ1n) is 10.2. The molecule has 3 aromatic rings. The first-order chi connectivity index (χ1) is 14.9. The van der Waals surface area contributed by atoms with Crippen LogP contribution in [0.5, 0.6) is 5.75 Å². The molecule has 1 saturated carbocycles. The number of aromatic amines is 1. The molecule has 4 rings (SSSR count). The Kier molecular flexibility index (Phi) is 5.82. The Balaban J connectivity index is 1.78. The second kappa shape index (κ2) is 8.55. The van der Waals surface area contributed by atoms with E-state index in [0.29, 0.717) is 29.3 Å². The fourth-order valence-corrected chi connectivity index (χ4v) is 3.84. The van der Waals surface area contributed by atoms with Crippen molar-refractivity contribution in [2.24, 2.45) is 0 Å². The molecule has 1 aliphatic rings. The van der Waals surface area contributed by atoms with Crippen LogP contribution in [0.4, 0.5) is 0 Å². The van der Waals surface area contributed by atoms with Crippen LogP contribution in [0.15, 0.2) is 33.9 Å². The normalized spacial score (nSPS) is 13.4. The third-order valence-electron chi connectivity index (χ3n) is 5.34.